The molecule has 0 aliphatic rings. The molecule has 1 aromatic heterocycles. The van der Waals surface area contributed by atoms with Gasteiger partial charge >= 0.3 is 6.18 Å². The highest BCUT2D eigenvalue weighted by molar-refractivity contribution is 5.94. The monoisotopic (exact) mass is 447 g/mol. The van der Waals surface area contributed by atoms with Crippen LogP contribution in [-0.4, -0.2) is 39.2 Å². The molecular weight excluding hydrogens is 427 g/mol. The van der Waals surface area contributed by atoms with Crippen molar-refractivity contribution in [2.24, 2.45) is 0 Å². The van der Waals surface area contributed by atoms with Crippen LogP contribution in [0.3, 0.4) is 0 Å². The number of hydrogen-bond acceptors (Lipinski definition) is 5. The van der Waals surface area contributed by atoms with E-state index in [1.54, 1.807) is 11.0 Å². The molecular formula is C21H20F3N5O3. The number of benzene rings is 2. The molecule has 32 heavy (non-hydrogen) atoms. The molecule has 0 fully saturated rings. The van der Waals surface area contributed by atoms with Gasteiger partial charge in [-0.2, -0.15) is 18.3 Å². The molecule has 0 aliphatic carbocycles. The highest BCUT2D eigenvalue weighted by Gasteiger charge is 2.30. The van der Waals surface area contributed by atoms with Gasteiger partial charge < -0.3 is 15.4 Å². The lowest BCUT2D eigenvalue weighted by molar-refractivity contribution is -0.137. The first kappa shape index (κ1) is 22.8. The number of anilines is 1. The summed E-state index contributed by atoms with van der Waals surface area (Å²) in [7, 11) is 0. The molecule has 3 rings (SSSR count). The minimum absolute atomic E-state index is 0.0143. The van der Waals surface area contributed by atoms with E-state index in [2.05, 4.69) is 20.7 Å². The fraction of sp³-hybridized carbons (Fsp3) is 0.238. The molecule has 11 heteroatoms. The zero-order chi connectivity index (χ0) is 23.1. The van der Waals surface area contributed by atoms with E-state index in [0.717, 1.165) is 12.1 Å². The molecule has 1 atom stereocenters. The van der Waals surface area contributed by atoms with Crippen molar-refractivity contribution in [1.29, 1.82) is 0 Å². The first-order valence-corrected chi connectivity index (χ1v) is 9.54. The number of halogens is 3. The van der Waals surface area contributed by atoms with Gasteiger partial charge in [0.2, 0.25) is 0 Å². The van der Waals surface area contributed by atoms with Gasteiger partial charge in [0.25, 0.3) is 11.8 Å². The highest BCUT2D eigenvalue weighted by Crippen LogP contribution is 2.30. The lowest BCUT2D eigenvalue weighted by Gasteiger charge is -2.14. The SMILES string of the molecule is CC(Cn1cncn1)NC(=O)c1ccc(OCC(=O)Nc2cccc(C(F)(F)F)c2)cc1. The summed E-state index contributed by atoms with van der Waals surface area (Å²) < 4.78 is 45.2. The first-order chi connectivity index (χ1) is 15.2. The summed E-state index contributed by atoms with van der Waals surface area (Å²) in [6.45, 7) is 1.89. The van der Waals surface area contributed by atoms with Crippen molar-refractivity contribution >= 4 is 17.5 Å². The van der Waals surface area contributed by atoms with Gasteiger partial charge in [0.15, 0.2) is 6.61 Å². The van der Waals surface area contributed by atoms with Crippen LogP contribution in [0.2, 0.25) is 0 Å². The molecule has 2 amide bonds. The van der Waals surface area contributed by atoms with Crippen molar-refractivity contribution in [1.82, 2.24) is 20.1 Å². The third-order valence-corrected chi connectivity index (χ3v) is 4.27. The molecule has 0 bridgehead atoms. The number of nitrogens with zero attached hydrogens (tertiary/aromatic N) is 3. The molecule has 0 spiro atoms. The van der Waals surface area contributed by atoms with E-state index >= 15 is 0 Å². The van der Waals surface area contributed by atoms with E-state index in [1.165, 1.54) is 42.7 Å². The van der Waals surface area contributed by atoms with E-state index < -0.39 is 24.3 Å². The Balaban J connectivity index is 1.48. The Morgan fingerprint density at radius 3 is 2.56 bits per heavy atom. The first-order valence-electron chi connectivity index (χ1n) is 9.54. The number of alkyl halides is 3. The zero-order valence-corrected chi connectivity index (χ0v) is 17.0. The molecule has 1 heterocycles. The summed E-state index contributed by atoms with van der Waals surface area (Å²) in [6, 6.07) is 10.3. The smallest absolute Gasteiger partial charge is 0.416 e. The standard InChI is InChI=1S/C21H20F3N5O3/c1-14(10-29-13-25-12-26-29)27-20(31)15-5-7-18(8-6-15)32-11-19(30)28-17-4-2-3-16(9-17)21(22,23)24/h2-9,12-14H,10-11H2,1H3,(H,27,31)(H,28,30). The minimum atomic E-state index is -4.50. The molecule has 0 saturated heterocycles. The Morgan fingerprint density at radius 1 is 1.16 bits per heavy atom. The van der Waals surface area contributed by atoms with Crippen LogP contribution in [0, 0.1) is 0 Å². The van der Waals surface area contributed by atoms with Crippen molar-refractivity contribution in [2.75, 3.05) is 11.9 Å². The Kier molecular flexibility index (Phi) is 7.08. The molecule has 2 aromatic carbocycles. The Morgan fingerprint density at radius 2 is 1.91 bits per heavy atom. The Labute approximate surface area is 181 Å². The van der Waals surface area contributed by atoms with Crippen LogP contribution in [0.25, 0.3) is 0 Å². The average Bonchev–Trinajstić information content (AvgIpc) is 3.25. The molecule has 0 radical (unpaired) electrons. The van der Waals surface area contributed by atoms with Gasteiger partial charge in [-0.3, -0.25) is 14.3 Å². The van der Waals surface area contributed by atoms with Gasteiger partial charge in [0.1, 0.15) is 18.4 Å². The second-order valence-electron chi connectivity index (χ2n) is 6.93. The summed E-state index contributed by atoms with van der Waals surface area (Å²) in [5.41, 5.74) is -0.447. The van der Waals surface area contributed by atoms with E-state index in [9.17, 15) is 22.8 Å². The van der Waals surface area contributed by atoms with Crippen LogP contribution in [0.5, 0.6) is 5.75 Å². The highest BCUT2D eigenvalue weighted by atomic mass is 19.4. The van der Waals surface area contributed by atoms with Crippen LogP contribution in [-0.2, 0) is 17.5 Å². The zero-order valence-electron chi connectivity index (χ0n) is 17.0. The lowest BCUT2D eigenvalue weighted by atomic mass is 10.2. The average molecular weight is 447 g/mol. The van der Waals surface area contributed by atoms with Gasteiger partial charge in [0.05, 0.1) is 12.1 Å². The van der Waals surface area contributed by atoms with Gasteiger partial charge in [-0.05, 0) is 49.4 Å². The topological polar surface area (TPSA) is 98.1 Å². The van der Waals surface area contributed by atoms with Crippen LogP contribution < -0.4 is 15.4 Å². The molecule has 1 unspecified atom stereocenters. The fourth-order valence-electron chi connectivity index (χ4n) is 2.78. The number of nitrogens with one attached hydrogen (secondary N) is 2. The van der Waals surface area contributed by atoms with Crippen molar-refractivity contribution in [3.8, 4) is 5.75 Å². The summed E-state index contributed by atoms with van der Waals surface area (Å²) in [5.74, 6) is -0.573. The van der Waals surface area contributed by atoms with Crippen molar-refractivity contribution in [3.05, 3.63) is 72.3 Å². The van der Waals surface area contributed by atoms with E-state index in [1.807, 2.05) is 6.92 Å². The van der Waals surface area contributed by atoms with Crippen LogP contribution in [0.15, 0.2) is 61.2 Å². The minimum Gasteiger partial charge on any atom is -0.484 e. The van der Waals surface area contributed by atoms with Crippen LogP contribution >= 0.6 is 0 Å². The van der Waals surface area contributed by atoms with Crippen molar-refractivity contribution < 1.29 is 27.5 Å². The maximum atomic E-state index is 12.7. The van der Waals surface area contributed by atoms with E-state index in [0.29, 0.717) is 17.9 Å². The number of amides is 2. The number of carbonyl (C=O) groups is 2. The number of ether oxygens (including phenoxy) is 1. The molecule has 8 nitrogen and oxygen atoms in total. The number of hydrogen-bond donors (Lipinski definition) is 2. The third kappa shape index (κ3) is 6.56. The lowest BCUT2D eigenvalue weighted by Crippen LogP contribution is -2.35. The maximum absolute atomic E-state index is 12.7. The van der Waals surface area contributed by atoms with Crippen molar-refractivity contribution in [3.63, 3.8) is 0 Å². The molecule has 0 saturated carbocycles. The van der Waals surface area contributed by atoms with Crippen molar-refractivity contribution in [2.45, 2.75) is 25.7 Å². The number of rotatable bonds is 8. The summed E-state index contributed by atoms with van der Waals surface area (Å²) in [6.07, 6.45) is -1.54. The predicted octanol–water partition coefficient (Wildman–Crippen LogP) is 3.13. The molecule has 2 N–H and O–H groups in total. The van der Waals surface area contributed by atoms with Gasteiger partial charge in [-0.25, -0.2) is 4.98 Å². The largest absolute Gasteiger partial charge is 0.484 e. The Hall–Kier alpha value is -3.89. The summed E-state index contributed by atoms with van der Waals surface area (Å²) in [4.78, 5) is 28.1. The maximum Gasteiger partial charge on any atom is 0.416 e. The van der Waals surface area contributed by atoms with E-state index in [-0.39, 0.29) is 17.6 Å². The summed E-state index contributed by atoms with van der Waals surface area (Å²) in [5, 5.41) is 9.17. The summed E-state index contributed by atoms with van der Waals surface area (Å²) >= 11 is 0. The van der Waals surface area contributed by atoms with E-state index in [4.69, 9.17) is 4.74 Å². The normalized spacial score (nSPS) is 12.1. The van der Waals surface area contributed by atoms with Gasteiger partial charge in [-0.15, -0.1) is 0 Å². The third-order valence-electron chi connectivity index (χ3n) is 4.27. The number of carbonyl (C=O) groups excluding carboxylic acids is 2. The number of aromatic nitrogens is 3. The fourth-order valence-corrected chi connectivity index (χ4v) is 2.78. The predicted molar refractivity (Wildman–Crippen MR) is 109 cm³/mol. The molecule has 3 aromatic rings. The molecule has 168 valence electrons. The Bertz CT molecular complexity index is 1050. The van der Waals surface area contributed by atoms with Gasteiger partial charge in [-0.1, -0.05) is 6.07 Å². The second-order valence-corrected chi connectivity index (χ2v) is 6.93. The van der Waals surface area contributed by atoms with Gasteiger partial charge in [0, 0.05) is 17.3 Å². The molecule has 0 aliphatic heterocycles. The van der Waals surface area contributed by atoms with Crippen LogP contribution in [0.1, 0.15) is 22.8 Å². The van der Waals surface area contributed by atoms with Crippen LogP contribution in [0.4, 0.5) is 18.9 Å². The second kappa shape index (κ2) is 9.94. The quantitative estimate of drug-likeness (QED) is 0.553.